The van der Waals surface area contributed by atoms with Crippen molar-refractivity contribution in [2.45, 2.75) is 13.0 Å². The maximum absolute atomic E-state index is 12.2. The predicted molar refractivity (Wildman–Crippen MR) is 91.7 cm³/mol. The van der Waals surface area contributed by atoms with Crippen molar-refractivity contribution < 1.29 is 23.8 Å². The Balaban J connectivity index is 1.57. The molecule has 2 heterocycles. The number of ether oxygens (including phenoxy) is 3. The van der Waals surface area contributed by atoms with Gasteiger partial charge in [-0.1, -0.05) is 30.3 Å². The number of carbonyl (C=O) groups excluding carboxylic acids is 2. The van der Waals surface area contributed by atoms with Gasteiger partial charge in [0, 0.05) is 10.9 Å². The quantitative estimate of drug-likeness (QED) is 0.825. The average molecular weight is 360 g/mol. The summed E-state index contributed by atoms with van der Waals surface area (Å²) in [5, 5.41) is 4.92. The molecule has 8 heteroatoms. The second-order valence-electron chi connectivity index (χ2n) is 5.14. The van der Waals surface area contributed by atoms with Crippen molar-refractivity contribution >= 4 is 28.3 Å². The molecule has 1 atom stereocenters. The molecule has 1 aliphatic heterocycles. The molecule has 1 aromatic carbocycles. The summed E-state index contributed by atoms with van der Waals surface area (Å²) in [6.07, 6.45) is 0.187. The Hall–Kier alpha value is -2.87. The standard InChI is InChI=1S/C17H16N2O5S/c1-11(24-16(21)14-9-22-7-8-23-14)15(20)19-17-18-13(10-25-17)12-5-3-2-4-6-12/h2-6,9-11H,7-8H2,1H3,(H,18,19,20)/t11-/m0/s1. The Kier molecular flexibility index (Phi) is 5.30. The Bertz CT molecular complexity index is 787. The van der Waals surface area contributed by atoms with Gasteiger partial charge in [-0.2, -0.15) is 0 Å². The van der Waals surface area contributed by atoms with E-state index in [1.807, 2.05) is 35.7 Å². The molecular weight excluding hydrogens is 344 g/mol. The highest BCUT2D eigenvalue weighted by Gasteiger charge is 2.24. The molecule has 0 bridgehead atoms. The van der Waals surface area contributed by atoms with Gasteiger partial charge < -0.3 is 14.2 Å². The number of thiazole rings is 1. The maximum Gasteiger partial charge on any atom is 0.377 e. The second kappa shape index (κ2) is 7.80. The third-order valence-corrected chi connectivity index (χ3v) is 4.06. The number of hydrogen-bond acceptors (Lipinski definition) is 7. The molecule has 0 spiro atoms. The van der Waals surface area contributed by atoms with Crippen LogP contribution in [0.15, 0.2) is 47.7 Å². The van der Waals surface area contributed by atoms with Crippen LogP contribution in [0, 0.1) is 0 Å². The summed E-state index contributed by atoms with van der Waals surface area (Å²) < 4.78 is 15.2. The molecule has 1 aromatic heterocycles. The van der Waals surface area contributed by atoms with Crippen LogP contribution in [-0.4, -0.2) is 36.2 Å². The van der Waals surface area contributed by atoms with Gasteiger partial charge in [0.15, 0.2) is 11.2 Å². The second-order valence-corrected chi connectivity index (χ2v) is 6.00. The lowest BCUT2D eigenvalue weighted by molar-refractivity contribution is -0.153. The van der Waals surface area contributed by atoms with E-state index in [-0.39, 0.29) is 12.4 Å². The Morgan fingerprint density at radius 1 is 1.28 bits per heavy atom. The van der Waals surface area contributed by atoms with Crippen LogP contribution in [0.4, 0.5) is 5.13 Å². The fraction of sp³-hybridized carbons (Fsp3) is 0.235. The molecule has 130 valence electrons. The number of aromatic nitrogens is 1. The number of rotatable bonds is 5. The third-order valence-electron chi connectivity index (χ3n) is 3.31. The SMILES string of the molecule is C[C@H](OC(=O)C1=COCCO1)C(=O)Nc1nc(-c2ccccc2)cs1. The largest absolute Gasteiger partial charge is 0.493 e. The summed E-state index contributed by atoms with van der Waals surface area (Å²) in [4.78, 5) is 28.4. The van der Waals surface area contributed by atoms with Gasteiger partial charge in [0.25, 0.3) is 5.91 Å². The summed E-state index contributed by atoms with van der Waals surface area (Å²) in [5.41, 5.74) is 1.73. The summed E-state index contributed by atoms with van der Waals surface area (Å²) in [7, 11) is 0. The fourth-order valence-electron chi connectivity index (χ4n) is 2.03. The highest BCUT2D eigenvalue weighted by atomic mass is 32.1. The first-order valence-electron chi connectivity index (χ1n) is 7.61. The normalized spacial score (nSPS) is 14.5. The van der Waals surface area contributed by atoms with Gasteiger partial charge >= 0.3 is 5.97 Å². The van der Waals surface area contributed by atoms with Crippen molar-refractivity contribution in [1.82, 2.24) is 4.98 Å². The molecule has 1 aliphatic rings. The van der Waals surface area contributed by atoms with E-state index in [9.17, 15) is 9.59 Å². The highest BCUT2D eigenvalue weighted by molar-refractivity contribution is 7.14. The Morgan fingerprint density at radius 3 is 2.80 bits per heavy atom. The molecule has 0 fully saturated rings. The monoisotopic (exact) mass is 360 g/mol. The van der Waals surface area contributed by atoms with Crippen LogP contribution in [0.1, 0.15) is 6.92 Å². The van der Waals surface area contributed by atoms with Gasteiger partial charge in [-0.25, -0.2) is 9.78 Å². The van der Waals surface area contributed by atoms with Crippen molar-refractivity contribution in [3.05, 3.63) is 47.7 Å². The zero-order valence-electron chi connectivity index (χ0n) is 13.4. The molecule has 1 N–H and O–H groups in total. The molecule has 0 saturated heterocycles. The number of amides is 1. The first-order chi connectivity index (χ1) is 12.1. The smallest absolute Gasteiger partial charge is 0.377 e. The molecule has 0 aliphatic carbocycles. The first kappa shape index (κ1) is 17.0. The lowest BCUT2D eigenvalue weighted by Gasteiger charge is -2.17. The van der Waals surface area contributed by atoms with Crippen molar-refractivity contribution in [3.8, 4) is 11.3 Å². The van der Waals surface area contributed by atoms with E-state index in [0.29, 0.717) is 11.7 Å². The summed E-state index contributed by atoms with van der Waals surface area (Å²) in [5.74, 6) is -1.27. The van der Waals surface area contributed by atoms with Crippen molar-refractivity contribution in [1.29, 1.82) is 0 Å². The molecule has 3 rings (SSSR count). The summed E-state index contributed by atoms with van der Waals surface area (Å²) >= 11 is 1.30. The van der Waals surface area contributed by atoms with Crippen molar-refractivity contribution in [2.75, 3.05) is 18.5 Å². The predicted octanol–water partition coefficient (Wildman–Crippen LogP) is 2.57. The van der Waals surface area contributed by atoms with Gasteiger partial charge in [0.05, 0.1) is 5.69 Å². The lowest BCUT2D eigenvalue weighted by atomic mass is 10.2. The van der Waals surface area contributed by atoms with E-state index in [1.54, 1.807) is 0 Å². The zero-order chi connectivity index (χ0) is 17.6. The highest BCUT2D eigenvalue weighted by Crippen LogP contribution is 2.24. The molecular formula is C17H16N2O5S. The van der Waals surface area contributed by atoms with Gasteiger partial charge in [-0.05, 0) is 6.92 Å². The minimum atomic E-state index is -0.997. The number of anilines is 1. The van der Waals surface area contributed by atoms with E-state index in [1.165, 1.54) is 24.5 Å². The minimum Gasteiger partial charge on any atom is -0.493 e. The first-order valence-corrected chi connectivity index (χ1v) is 8.49. The number of nitrogens with one attached hydrogen (secondary N) is 1. The average Bonchev–Trinajstić information content (AvgIpc) is 3.11. The zero-order valence-corrected chi connectivity index (χ0v) is 14.2. The molecule has 1 amide bonds. The van der Waals surface area contributed by atoms with E-state index >= 15 is 0 Å². The van der Waals surface area contributed by atoms with Crippen LogP contribution < -0.4 is 5.32 Å². The van der Waals surface area contributed by atoms with Crippen LogP contribution >= 0.6 is 11.3 Å². The number of hydrogen-bond donors (Lipinski definition) is 1. The van der Waals surface area contributed by atoms with E-state index < -0.39 is 18.0 Å². The number of esters is 1. The van der Waals surface area contributed by atoms with Crippen LogP contribution in [0.25, 0.3) is 11.3 Å². The van der Waals surface area contributed by atoms with Crippen molar-refractivity contribution in [2.24, 2.45) is 0 Å². The molecule has 0 unspecified atom stereocenters. The maximum atomic E-state index is 12.2. The Labute approximate surface area is 148 Å². The Morgan fingerprint density at radius 2 is 2.08 bits per heavy atom. The van der Waals surface area contributed by atoms with E-state index in [0.717, 1.165) is 11.3 Å². The van der Waals surface area contributed by atoms with Crippen LogP contribution in [-0.2, 0) is 23.8 Å². The van der Waals surface area contributed by atoms with E-state index in [4.69, 9.17) is 14.2 Å². The molecule has 0 radical (unpaired) electrons. The third kappa shape index (κ3) is 4.36. The summed E-state index contributed by atoms with van der Waals surface area (Å²) in [6.45, 7) is 2.12. The number of nitrogens with zero attached hydrogens (tertiary/aromatic N) is 1. The number of benzene rings is 1. The van der Waals surface area contributed by atoms with Gasteiger partial charge in [-0.15, -0.1) is 11.3 Å². The topological polar surface area (TPSA) is 86.8 Å². The van der Waals surface area contributed by atoms with Gasteiger partial charge in [0.2, 0.25) is 5.76 Å². The van der Waals surface area contributed by atoms with Crippen LogP contribution in [0.2, 0.25) is 0 Å². The van der Waals surface area contributed by atoms with Gasteiger partial charge in [-0.3, -0.25) is 10.1 Å². The molecule has 0 saturated carbocycles. The van der Waals surface area contributed by atoms with Crippen LogP contribution in [0.5, 0.6) is 0 Å². The molecule has 7 nitrogen and oxygen atoms in total. The van der Waals surface area contributed by atoms with Crippen molar-refractivity contribution in [3.63, 3.8) is 0 Å². The van der Waals surface area contributed by atoms with Gasteiger partial charge in [0.1, 0.15) is 19.5 Å². The fourth-order valence-corrected chi connectivity index (χ4v) is 2.75. The summed E-state index contributed by atoms with van der Waals surface area (Å²) in [6, 6.07) is 9.63. The number of carbonyl (C=O) groups is 2. The molecule has 2 aromatic rings. The minimum absolute atomic E-state index is 0.0495. The van der Waals surface area contributed by atoms with Crippen LogP contribution in [0.3, 0.4) is 0 Å². The molecule has 25 heavy (non-hydrogen) atoms. The lowest BCUT2D eigenvalue weighted by Crippen LogP contribution is -2.31. The van der Waals surface area contributed by atoms with E-state index in [2.05, 4.69) is 10.3 Å².